The molecular weight excluding hydrogens is 838 g/mol. The number of aliphatic hydroxyl groups is 1. The van der Waals surface area contributed by atoms with Crippen LogP contribution in [0.1, 0.15) is 77.8 Å². The van der Waals surface area contributed by atoms with Crippen LogP contribution in [-0.2, 0) is 44.2 Å². The maximum atomic E-state index is 15.3. The summed E-state index contributed by atoms with van der Waals surface area (Å²) in [5, 5.41) is 26.5. The van der Waals surface area contributed by atoms with Gasteiger partial charge in [0.25, 0.3) is 11.8 Å². The van der Waals surface area contributed by atoms with Crippen LogP contribution in [0.5, 0.6) is 11.6 Å². The number of aliphatic hydroxyl groups excluding tert-OH is 1. The summed E-state index contributed by atoms with van der Waals surface area (Å²) in [7, 11) is 1.74. The van der Waals surface area contributed by atoms with E-state index in [-0.39, 0.29) is 40.8 Å². The average Bonchev–Trinajstić information content (AvgIpc) is 3.62. The molecule has 1 aliphatic carbocycles. The Morgan fingerprint density at radius 3 is 2.61 bits per heavy atom. The highest BCUT2D eigenvalue weighted by Gasteiger charge is 2.41. The molecule has 1 aromatic heterocycles. The zero-order valence-electron chi connectivity index (χ0n) is 35.9. The van der Waals surface area contributed by atoms with E-state index in [2.05, 4.69) is 24.4 Å². The van der Waals surface area contributed by atoms with E-state index in [0.29, 0.717) is 42.6 Å². The third kappa shape index (κ3) is 10.3. The summed E-state index contributed by atoms with van der Waals surface area (Å²) >= 11 is 6.51. The molecule has 4 N–H and O–H groups in total. The van der Waals surface area contributed by atoms with Crippen molar-refractivity contribution < 1.29 is 42.6 Å². The second-order valence-electron chi connectivity index (χ2n) is 15.8. The lowest BCUT2D eigenvalue weighted by Crippen LogP contribution is -2.46. The highest BCUT2D eigenvalue weighted by Crippen LogP contribution is 2.43. The summed E-state index contributed by atoms with van der Waals surface area (Å²) in [4.78, 5) is 44.3. The van der Waals surface area contributed by atoms with E-state index in [1.807, 2.05) is 18.2 Å². The molecule has 2 amide bonds. The fourth-order valence-corrected chi connectivity index (χ4v) is 10.8. The number of ether oxygens (including phenoxy) is 4. The van der Waals surface area contributed by atoms with E-state index in [4.69, 9.17) is 36.0 Å². The number of amides is 2. The number of carbonyl (C=O) groups is 3. The molecule has 1 fully saturated rings. The van der Waals surface area contributed by atoms with Crippen LogP contribution in [0, 0.1) is 23.2 Å². The molecule has 1 unspecified atom stereocenters. The Balaban J connectivity index is 1.53. The van der Waals surface area contributed by atoms with Gasteiger partial charge in [-0.1, -0.05) is 37.6 Å². The van der Waals surface area contributed by atoms with Gasteiger partial charge in [-0.25, -0.2) is 9.00 Å². The molecule has 7 atom stereocenters. The third-order valence-corrected chi connectivity index (χ3v) is 14.6. The zero-order chi connectivity index (χ0) is 44.7. The van der Waals surface area contributed by atoms with E-state index in [1.165, 1.54) is 44.4 Å². The highest BCUT2D eigenvalue weighted by molar-refractivity contribution is 7.93. The number of carbonyl (C=O) groups excluding carboxylic acids is 3. The molecule has 18 heteroatoms. The number of hydrogen-bond acceptors (Lipinski definition) is 13. The summed E-state index contributed by atoms with van der Waals surface area (Å²) in [6, 6.07) is 10.8. The number of hydrogen-bond donors (Lipinski definition) is 4. The van der Waals surface area contributed by atoms with Gasteiger partial charge in [-0.2, -0.15) is 0 Å². The van der Waals surface area contributed by atoms with Crippen molar-refractivity contribution in [3.05, 3.63) is 93.8 Å². The van der Waals surface area contributed by atoms with Crippen molar-refractivity contribution in [2.24, 2.45) is 29.2 Å². The zero-order valence-corrected chi connectivity index (χ0v) is 37.5. The van der Waals surface area contributed by atoms with E-state index < -0.39 is 57.0 Å². The van der Waals surface area contributed by atoms with Crippen molar-refractivity contribution in [2.45, 2.75) is 76.4 Å². The molecule has 3 aliphatic rings. The van der Waals surface area contributed by atoms with Gasteiger partial charge in [0, 0.05) is 62.0 Å². The van der Waals surface area contributed by atoms with Crippen LogP contribution >= 0.6 is 11.6 Å². The number of esters is 1. The number of aromatic nitrogens is 2. The first-order valence-electron chi connectivity index (χ1n) is 20.8. The first kappa shape index (κ1) is 46.1. The van der Waals surface area contributed by atoms with Gasteiger partial charge in [0.1, 0.15) is 32.9 Å². The molecule has 2 aromatic carbocycles. The first-order valence-corrected chi connectivity index (χ1v) is 22.7. The number of rotatable bonds is 8. The summed E-state index contributed by atoms with van der Waals surface area (Å²) in [5.41, 5.74) is 2.69. The molecule has 334 valence electrons. The van der Waals surface area contributed by atoms with Crippen LogP contribution < -0.4 is 24.4 Å². The Kier molecular flexibility index (Phi) is 15.0. The van der Waals surface area contributed by atoms with Crippen molar-refractivity contribution in [1.29, 1.82) is 5.41 Å². The largest absolute Gasteiger partial charge is 0.491 e. The Labute approximate surface area is 367 Å². The topological polar surface area (TPSA) is 207 Å². The van der Waals surface area contributed by atoms with Crippen molar-refractivity contribution >= 4 is 50.9 Å². The van der Waals surface area contributed by atoms with Gasteiger partial charge in [-0.15, -0.1) is 9.46 Å². The Morgan fingerprint density at radius 1 is 1.13 bits per heavy atom. The van der Waals surface area contributed by atoms with Crippen LogP contribution in [0.2, 0.25) is 5.02 Å². The van der Waals surface area contributed by atoms with E-state index in [1.54, 1.807) is 45.2 Å². The summed E-state index contributed by atoms with van der Waals surface area (Å²) in [6.07, 6.45) is 7.81. The SMILES string of the molecule is CC[C@@H]1[C@@H](C)[C@@H](O)/C=C/[C@H](OC(=O)c2cn(C)nc2OC)[C@@H]2CC[C@H]2CN2Cc3ccc(Cl)cc3CCCCOc3ccc(cc32)C(=O)N=S1(=O)NC(=O)/C(=C/NC)C(=N)OC. The molecule has 6 rings (SSSR count). The Bertz CT molecular complexity index is 2360. The molecule has 0 spiro atoms. The monoisotopic (exact) mass is 893 g/mol. The number of anilines is 1. The van der Waals surface area contributed by atoms with E-state index in [0.717, 1.165) is 36.8 Å². The number of halogens is 1. The second-order valence-corrected chi connectivity index (χ2v) is 18.4. The predicted octanol–water partition coefficient (Wildman–Crippen LogP) is 5.77. The third-order valence-electron chi connectivity index (χ3n) is 11.9. The van der Waals surface area contributed by atoms with Crippen molar-refractivity contribution in [2.75, 3.05) is 39.3 Å². The minimum Gasteiger partial charge on any atom is -0.491 e. The quantitative estimate of drug-likeness (QED) is 0.0700. The molecule has 0 saturated heterocycles. The van der Waals surface area contributed by atoms with Gasteiger partial charge in [0.05, 0.1) is 37.9 Å². The van der Waals surface area contributed by atoms with Gasteiger partial charge in [-0.3, -0.25) is 24.4 Å². The molecule has 1 saturated carbocycles. The lowest BCUT2D eigenvalue weighted by atomic mass is 9.70. The van der Waals surface area contributed by atoms with E-state index in [9.17, 15) is 19.5 Å². The Morgan fingerprint density at radius 2 is 1.92 bits per heavy atom. The number of fused-ring (bicyclic) bond motifs is 3. The standard InChI is InChI=1S/C44H56ClN7O9S/c1-7-39-26(2)36(53)16-18-37(61-44(56)34-25-51(4)48-43(34)59-6)32-15-12-30(32)24-52-23-29-11-14-31(45)20-27(29)10-8-9-19-60-38-17-13-28(21-35(38)52)41(54)49-62(39,57)50-42(55)33(22-47-3)40(46)58-5/h11,13-14,16-18,20-22,25-26,30,32,36-37,39,46-47,53H,7-10,12,15,19,23-24H2,1-6H3,(H,49,50,54,55,57)/b18-16+,33-22+,46-40?/t26-,30-,32+,36-,37-,39+,62?/m0/s1. The molecule has 2 aliphatic heterocycles. The van der Waals surface area contributed by atoms with Gasteiger partial charge in [0.15, 0.2) is 0 Å². The summed E-state index contributed by atoms with van der Waals surface area (Å²) in [6.45, 7) is 4.66. The maximum Gasteiger partial charge on any atom is 0.345 e. The minimum atomic E-state index is -4.09. The van der Waals surface area contributed by atoms with Crippen LogP contribution in [0.3, 0.4) is 0 Å². The van der Waals surface area contributed by atoms with Gasteiger partial charge in [0.2, 0.25) is 11.8 Å². The average molecular weight is 894 g/mol. The van der Waals surface area contributed by atoms with Gasteiger partial charge in [-0.05, 0) is 92.0 Å². The Hall–Kier alpha value is -5.39. The number of benzene rings is 2. The van der Waals surface area contributed by atoms with Crippen molar-refractivity contribution in [1.82, 2.24) is 19.8 Å². The van der Waals surface area contributed by atoms with Crippen LogP contribution in [0.25, 0.3) is 0 Å². The van der Waals surface area contributed by atoms with Gasteiger partial charge >= 0.3 is 5.97 Å². The predicted molar refractivity (Wildman–Crippen MR) is 236 cm³/mol. The smallest absolute Gasteiger partial charge is 0.345 e. The van der Waals surface area contributed by atoms with Gasteiger partial charge < -0.3 is 34.3 Å². The molecule has 16 nitrogen and oxygen atoms in total. The first-order chi connectivity index (χ1) is 29.7. The van der Waals surface area contributed by atoms with Crippen LogP contribution in [-0.4, -0.2) is 94.7 Å². The van der Waals surface area contributed by atoms with Crippen LogP contribution in [0.4, 0.5) is 5.69 Å². The normalized spacial score (nSPS) is 26.1. The molecular formula is C44H56ClN7O9S. The molecule has 2 bridgehead atoms. The lowest BCUT2D eigenvalue weighted by Gasteiger charge is -2.43. The van der Waals surface area contributed by atoms with Crippen molar-refractivity contribution in [3.63, 3.8) is 0 Å². The second kappa shape index (κ2) is 20.2. The summed E-state index contributed by atoms with van der Waals surface area (Å²) in [5.74, 6) is -3.44. The number of nitrogens with one attached hydrogen (secondary N) is 3. The van der Waals surface area contributed by atoms with Crippen LogP contribution in [0.15, 0.2) is 70.9 Å². The molecule has 62 heavy (non-hydrogen) atoms. The maximum absolute atomic E-state index is 15.3. The number of methoxy groups -OCH3 is 2. The fraction of sp³-hybridized carbons (Fsp3) is 0.477. The number of nitrogens with zero attached hydrogens (tertiary/aromatic N) is 4. The summed E-state index contributed by atoms with van der Waals surface area (Å²) < 4.78 is 46.6. The molecule has 0 radical (unpaired) electrons. The minimum absolute atomic E-state index is 0.0171. The molecule has 3 aromatic rings. The lowest BCUT2D eigenvalue weighted by molar-refractivity contribution is -0.115. The van der Waals surface area contributed by atoms with E-state index >= 15 is 4.21 Å². The van der Waals surface area contributed by atoms with Crippen molar-refractivity contribution in [3.8, 4) is 11.6 Å². The fourth-order valence-electron chi connectivity index (χ4n) is 8.33. The number of aryl methyl sites for hydroxylation is 2. The highest BCUT2D eigenvalue weighted by atomic mass is 35.5. The molecule has 3 heterocycles.